The first-order valence-electron chi connectivity index (χ1n) is 7.64. The van der Waals surface area contributed by atoms with Gasteiger partial charge in [-0.2, -0.15) is 5.10 Å². The van der Waals surface area contributed by atoms with Crippen molar-refractivity contribution in [3.05, 3.63) is 48.2 Å². The standard InChI is InChI=1S/C17H19N3O3/c1-22-14-6-4-13(5-7-14)17(21)20-11-8-15(9-12-20)23-16-3-2-10-18-19-16/h2-7,10,15H,8-9,11-12H2,1H3. The Morgan fingerprint density at radius 2 is 1.91 bits per heavy atom. The van der Waals surface area contributed by atoms with Gasteiger partial charge in [-0.1, -0.05) is 0 Å². The maximum Gasteiger partial charge on any atom is 0.253 e. The predicted octanol–water partition coefficient (Wildman–Crippen LogP) is 2.17. The average molecular weight is 313 g/mol. The Balaban J connectivity index is 1.54. The first-order chi connectivity index (χ1) is 11.3. The van der Waals surface area contributed by atoms with E-state index in [0.29, 0.717) is 24.5 Å². The molecule has 1 saturated heterocycles. The number of benzene rings is 1. The number of amides is 1. The summed E-state index contributed by atoms with van der Waals surface area (Å²) >= 11 is 0. The Kier molecular flexibility index (Phi) is 4.71. The quantitative estimate of drug-likeness (QED) is 0.865. The van der Waals surface area contributed by atoms with E-state index in [0.717, 1.165) is 18.6 Å². The van der Waals surface area contributed by atoms with Crippen molar-refractivity contribution < 1.29 is 14.3 Å². The van der Waals surface area contributed by atoms with Crippen molar-refractivity contribution in [2.45, 2.75) is 18.9 Å². The second-order valence-electron chi connectivity index (χ2n) is 5.40. The first-order valence-corrected chi connectivity index (χ1v) is 7.64. The second-order valence-corrected chi connectivity index (χ2v) is 5.40. The van der Waals surface area contributed by atoms with Crippen LogP contribution < -0.4 is 9.47 Å². The minimum absolute atomic E-state index is 0.0469. The maximum atomic E-state index is 12.5. The number of rotatable bonds is 4. The van der Waals surface area contributed by atoms with Crippen LogP contribution in [-0.2, 0) is 0 Å². The van der Waals surface area contributed by atoms with Crippen LogP contribution in [0.5, 0.6) is 11.6 Å². The second kappa shape index (κ2) is 7.09. The molecule has 120 valence electrons. The van der Waals surface area contributed by atoms with E-state index >= 15 is 0 Å². The number of piperidine rings is 1. The molecule has 3 rings (SSSR count). The summed E-state index contributed by atoms with van der Waals surface area (Å²) < 4.78 is 10.9. The van der Waals surface area contributed by atoms with Gasteiger partial charge in [-0.25, -0.2) is 0 Å². The third-order valence-electron chi connectivity index (χ3n) is 3.90. The number of carbonyl (C=O) groups excluding carboxylic acids is 1. The van der Waals surface area contributed by atoms with Crippen LogP contribution in [0.25, 0.3) is 0 Å². The fourth-order valence-corrected chi connectivity index (χ4v) is 2.61. The SMILES string of the molecule is COc1ccc(C(=O)N2CCC(Oc3cccnn3)CC2)cc1. The molecular weight excluding hydrogens is 294 g/mol. The monoisotopic (exact) mass is 313 g/mol. The average Bonchev–Trinajstić information content (AvgIpc) is 2.63. The smallest absolute Gasteiger partial charge is 0.253 e. The molecule has 6 heteroatoms. The van der Waals surface area contributed by atoms with Gasteiger partial charge in [-0.15, -0.1) is 5.10 Å². The van der Waals surface area contributed by atoms with Crippen molar-refractivity contribution in [2.24, 2.45) is 0 Å². The molecule has 1 aliphatic heterocycles. The van der Waals surface area contributed by atoms with E-state index in [9.17, 15) is 4.79 Å². The molecule has 1 amide bonds. The van der Waals surface area contributed by atoms with Crippen LogP contribution in [0, 0.1) is 0 Å². The molecule has 0 aliphatic carbocycles. The molecule has 1 fully saturated rings. The summed E-state index contributed by atoms with van der Waals surface area (Å²) in [6, 6.07) is 10.8. The van der Waals surface area contributed by atoms with Gasteiger partial charge in [0.1, 0.15) is 11.9 Å². The summed E-state index contributed by atoms with van der Waals surface area (Å²) in [5, 5.41) is 7.72. The number of methoxy groups -OCH3 is 1. The molecule has 2 heterocycles. The Labute approximate surface area is 135 Å². The zero-order chi connectivity index (χ0) is 16.1. The molecule has 0 N–H and O–H groups in total. The Bertz CT molecular complexity index is 638. The molecule has 0 spiro atoms. The van der Waals surface area contributed by atoms with Gasteiger partial charge < -0.3 is 14.4 Å². The molecule has 0 atom stereocenters. The van der Waals surface area contributed by atoms with Crippen LogP contribution >= 0.6 is 0 Å². The van der Waals surface area contributed by atoms with Gasteiger partial charge in [0.2, 0.25) is 5.88 Å². The molecule has 23 heavy (non-hydrogen) atoms. The lowest BCUT2D eigenvalue weighted by Gasteiger charge is -2.31. The summed E-state index contributed by atoms with van der Waals surface area (Å²) in [7, 11) is 1.61. The molecule has 0 bridgehead atoms. The number of hydrogen-bond donors (Lipinski definition) is 0. The van der Waals surface area contributed by atoms with E-state index in [2.05, 4.69) is 10.2 Å². The molecule has 2 aromatic rings. The van der Waals surface area contributed by atoms with E-state index < -0.39 is 0 Å². The van der Waals surface area contributed by atoms with Crippen molar-refractivity contribution in [3.8, 4) is 11.6 Å². The van der Waals surface area contributed by atoms with Crippen LogP contribution in [0.4, 0.5) is 0 Å². The highest BCUT2D eigenvalue weighted by Gasteiger charge is 2.25. The highest BCUT2D eigenvalue weighted by Crippen LogP contribution is 2.19. The Morgan fingerprint density at radius 3 is 2.52 bits per heavy atom. The number of likely N-dealkylation sites (tertiary alicyclic amines) is 1. The van der Waals surface area contributed by atoms with Gasteiger partial charge in [0, 0.05) is 43.8 Å². The Hall–Kier alpha value is -2.63. The third kappa shape index (κ3) is 3.77. The highest BCUT2D eigenvalue weighted by atomic mass is 16.5. The fraction of sp³-hybridized carbons (Fsp3) is 0.353. The van der Waals surface area contributed by atoms with Crippen molar-refractivity contribution >= 4 is 5.91 Å². The number of aromatic nitrogens is 2. The maximum absolute atomic E-state index is 12.5. The summed E-state index contributed by atoms with van der Waals surface area (Å²) in [5.41, 5.74) is 0.680. The van der Waals surface area contributed by atoms with Gasteiger partial charge in [0.15, 0.2) is 0 Å². The molecule has 1 aromatic heterocycles. The predicted molar refractivity (Wildman–Crippen MR) is 84.6 cm³/mol. The number of hydrogen-bond acceptors (Lipinski definition) is 5. The van der Waals surface area contributed by atoms with Crippen molar-refractivity contribution in [3.63, 3.8) is 0 Å². The van der Waals surface area contributed by atoms with Gasteiger partial charge in [-0.05, 0) is 30.3 Å². The lowest BCUT2D eigenvalue weighted by molar-refractivity contribution is 0.0586. The fourth-order valence-electron chi connectivity index (χ4n) is 2.61. The number of nitrogens with zero attached hydrogens (tertiary/aromatic N) is 3. The van der Waals surface area contributed by atoms with Crippen LogP contribution in [0.15, 0.2) is 42.6 Å². The van der Waals surface area contributed by atoms with E-state index in [1.165, 1.54) is 0 Å². The highest BCUT2D eigenvalue weighted by molar-refractivity contribution is 5.94. The molecular formula is C17H19N3O3. The van der Waals surface area contributed by atoms with Crippen LogP contribution in [-0.4, -0.2) is 47.3 Å². The largest absolute Gasteiger partial charge is 0.497 e. The topological polar surface area (TPSA) is 64.5 Å². The molecule has 0 saturated carbocycles. The van der Waals surface area contributed by atoms with Crippen LogP contribution in [0.2, 0.25) is 0 Å². The number of ether oxygens (including phenoxy) is 2. The third-order valence-corrected chi connectivity index (χ3v) is 3.90. The zero-order valence-electron chi connectivity index (χ0n) is 13.0. The summed E-state index contributed by atoms with van der Waals surface area (Å²) in [6.07, 6.45) is 3.27. The summed E-state index contributed by atoms with van der Waals surface area (Å²) in [5.74, 6) is 1.33. The van der Waals surface area contributed by atoms with E-state index in [4.69, 9.17) is 9.47 Å². The van der Waals surface area contributed by atoms with E-state index in [1.807, 2.05) is 4.90 Å². The first kappa shape index (κ1) is 15.3. The molecule has 1 aromatic carbocycles. The van der Waals surface area contributed by atoms with Crippen LogP contribution in [0.1, 0.15) is 23.2 Å². The van der Waals surface area contributed by atoms with E-state index in [1.54, 1.807) is 49.7 Å². The molecule has 6 nitrogen and oxygen atoms in total. The molecule has 0 unspecified atom stereocenters. The lowest BCUT2D eigenvalue weighted by Crippen LogP contribution is -2.41. The van der Waals surface area contributed by atoms with Gasteiger partial charge in [0.05, 0.1) is 7.11 Å². The van der Waals surface area contributed by atoms with Crippen LogP contribution in [0.3, 0.4) is 0 Å². The van der Waals surface area contributed by atoms with Crippen molar-refractivity contribution in [2.75, 3.05) is 20.2 Å². The van der Waals surface area contributed by atoms with E-state index in [-0.39, 0.29) is 12.0 Å². The molecule has 1 aliphatic rings. The van der Waals surface area contributed by atoms with Gasteiger partial charge >= 0.3 is 0 Å². The summed E-state index contributed by atoms with van der Waals surface area (Å²) in [4.78, 5) is 14.3. The minimum Gasteiger partial charge on any atom is -0.497 e. The Morgan fingerprint density at radius 1 is 1.17 bits per heavy atom. The minimum atomic E-state index is 0.0469. The number of carbonyl (C=O) groups is 1. The van der Waals surface area contributed by atoms with Crippen molar-refractivity contribution in [1.29, 1.82) is 0 Å². The lowest BCUT2D eigenvalue weighted by atomic mass is 10.1. The molecule has 0 radical (unpaired) electrons. The summed E-state index contributed by atoms with van der Waals surface area (Å²) in [6.45, 7) is 1.35. The van der Waals surface area contributed by atoms with Gasteiger partial charge in [-0.3, -0.25) is 4.79 Å². The van der Waals surface area contributed by atoms with Gasteiger partial charge in [0.25, 0.3) is 5.91 Å². The normalized spacial score (nSPS) is 15.3. The van der Waals surface area contributed by atoms with Crippen molar-refractivity contribution in [1.82, 2.24) is 15.1 Å². The zero-order valence-corrected chi connectivity index (χ0v) is 13.0.